The fourth-order valence-corrected chi connectivity index (χ4v) is 5.52. The van der Waals surface area contributed by atoms with Crippen LogP contribution in [-0.4, -0.2) is 79.5 Å². The molecular weight excluding hydrogens is 508 g/mol. The van der Waals surface area contributed by atoms with E-state index in [1.54, 1.807) is 0 Å². The number of hydrogen-bond donors (Lipinski definition) is 6. The van der Waals surface area contributed by atoms with Crippen molar-refractivity contribution in [3.63, 3.8) is 0 Å². The second-order valence-corrected chi connectivity index (χ2v) is 9.35. The molecule has 13 heteroatoms. The van der Waals surface area contributed by atoms with Crippen LogP contribution in [0.1, 0.15) is 17.4 Å². The van der Waals surface area contributed by atoms with Crippen LogP contribution in [0, 0.1) is 6.92 Å². The Kier molecular flexibility index (Phi) is 4.96. The molecule has 2 aromatic rings. The van der Waals surface area contributed by atoms with Crippen LogP contribution in [0.2, 0.25) is 0 Å². The maximum atomic E-state index is 12.8. The predicted molar refractivity (Wildman–Crippen MR) is 122 cm³/mol. The minimum atomic E-state index is -2.66. The molecule has 2 aliphatic carbocycles. The van der Waals surface area contributed by atoms with E-state index >= 15 is 0 Å². The molecule has 0 unspecified atom stereocenters. The summed E-state index contributed by atoms with van der Waals surface area (Å²) in [4.78, 5) is 38.0. The van der Waals surface area contributed by atoms with Gasteiger partial charge < -0.3 is 49.3 Å². The Labute approximate surface area is 211 Å². The quantitative estimate of drug-likeness (QED) is 0.251. The summed E-state index contributed by atoms with van der Waals surface area (Å²) >= 11 is 0. The first-order valence-corrected chi connectivity index (χ1v) is 11.3. The second kappa shape index (κ2) is 7.75. The third-order valence-corrected chi connectivity index (χ3v) is 7.27. The highest BCUT2D eigenvalue weighted by atomic mass is 16.7. The number of aryl methyl sites for hydroxylation is 1. The molecule has 13 nitrogen and oxygen atoms in total. The molecule has 3 heterocycles. The lowest BCUT2D eigenvalue weighted by Gasteiger charge is -2.43. The first-order chi connectivity index (χ1) is 17.9. The van der Waals surface area contributed by atoms with Crippen LogP contribution in [0.4, 0.5) is 0 Å². The summed E-state index contributed by atoms with van der Waals surface area (Å²) in [5.74, 6) is -6.86. The number of allylic oxidation sites excluding steroid dienone is 3. The molecule has 38 heavy (non-hydrogen) atoms. The molecule has 198 valence electrons. The van der Waals surface area contributed by atoms with E-state index in [-0.39, 0.29) is 22.1 Å². The molecule has 0 radical (unpaired) electrons. The number of fused-ring (bicyclic) bond motifs is 3. The van der Waals surface area contributed by atoms with E-state index in [0.717, 1.165) is 13.2 Å². The molecule has 1 spiro atoms. The minimum absolute atomic E-state index is 0.153. The monoisotopic (exact) mass is 528 g/mol. The number of methoxy groups -OCH3 is 1. The van der Waals surface area contributed by atoms with Crippen molar-refractivity contribution in [1.29, 1.82) is 0 Å². The van der Waals surface area contributed by atoms with Gasteiger partial charge in [-0.1, -0.05) is 0 Å². The van der Waals surface area contributed by atoms with Crippen LogP contribution in [0.5, 0.6) is 11.5 Å². The average Bonchev–Trinajstić information content (AvgIpc) is 3.16. The van der Waals surface area contributed by atoms with E-state index in [1.807, 2.05) is 0 Å². The Hall–Kier alpha value is -4.01. The topological polar surface area (TPSA) is 213 Å². The Morgan fingerprint density at radius 2 is 1.74 bits per heavy atom. The number of ketones is 2. The molecule has 0 saturated carbocycles. The maximum absolute atomic E-state index is 12.8. The number of ether oxygens (including phenoxy) is 3. The van der Waals surface area contributed by atoms with Crippen LogP contribution in [-0.2, 0) is 19.1 Å². The summed E-state index contributed by atoms with van der Waals surface area (Å²) in [6, 6.07) is 2.70. The molecule has 1 aromatic carbocycles. The number of aliphatic hydroxyl groups is 5. The van der Waals surface area contributed by atoms with E-state index in [9.17, 15) is 45.0 Å². The van der Waals surface area contributed by atoms with Gasteiger partial charge in [-0.25, -0.2) is 4.79 Å². The van der Waals surface area contributed by atoms with Crippen LogP contribution in [0.15, 0.2) is 55.7 Å². The van der Waals surface area contributed by atoms with Crippen molar-refractivity contribution in [1.82, 2.24) is 0 Å². The number of hydrogen-bond acceptors (Lipinski definition) is 13. The molecule has 1 aromatic heterocycles. The molecule has 6 atom stereocenters. The van der Waals surface area contributed by atoms with Crippen molar-refractivity contribution in [3.8, 4) is 11.5 Å². The lowest BCUT2D eigenvalue weighted by atomic mass is 9.77. The zero-order valence-corrected chi connectivity index (χ0v) is 19.7. The number of Topliss-reactive ketones (excluding diaryl/α,β-unsaturated/α-hetero) is 1. The van der Waals surface area contributed by atoms with E-state index in [4.69, 9.17) is 18.6 Å². The fourth-order valence-electron chi connectivity index (χ4n) is 5.52. The Morgan fingerprint density at radius 3 is 2.42 bits per heavy atom. The molecule has 1 saturated heterocycles. The zero-order chi connectivity index (χ0) is 27.4. The molecule has 2 aliphatic heterocycles. The first-order valence-electron chi connectivity index (χ1n) is 11.3. The first kappa shape index (κ1) is 24.3. The molecule has 0 bridgehead atoms. The number of phenolic OH excluding ortho intramolecular Hbond substituents is 1. The highest BCUT2D eigenvalue weighted by molar-refractivity contribution is 6.24. The van der Waals surface area contributed by atoms with Gasteiger partial charge in [0.25, 0.3) is 5.79 Å². The number of carbonyl (C=O) groups excluding carboxylic acids is 2. The number of benzene rings is 1. The van der Waals surface area contributed by atoms with Crippen molar-refractivity contribution < 1.29 is 58.9 Å². The Morgan fingerprint density at radius 1 is 1.03 bits per heavy atom. The number of phenols is 1. The molecule has 6 rings (SSSR count). The SMILES string of the molecule is COC1=CC(=O)C2=C(C1=O)[C@@H](O)[C@H]1O[C@@]3(Oc4c(cc5cc(C)oc(=O)c5c4O)[C@H](O)[C@H]3O)[C@H](O)C1=C2O. The van der Waals surface area contributed by atoms with Gasteiger partial charge in [0.2, 0.25) is 5.78 Å². The molecule has 0 amide bonds. The Bertz CT molecular complexity index is 1630. The summed E-state index contributed by atoms with van der Waals surface area (Å²) in [5.41, 5.74) is -2.73. The highest BCUT2D eigenvalue weighted by Gasteiger charge is 2.67. The predicted octanol–water partition coefficient (Wildman–Crippen LogP) is -0.785. The van der Waals surface area contributed by atoms with Crippen molar-refractivity contribution >= 4 is 22.3 Å². The molecule has 4 aliphatic rings. The van der Waals surface area contributed by atoms with E-state index in [2.05, 4.69) is 0 Å². The van der Waals surface area contributed by atoms with Gasteiger partial charge in [-0.2, -0.15) is 0 Å². The van der Waals surface area contributed by atoms with Crippen LogP contribution in [0.3, 0.4) is 0 Å². The smallest absolute Gasteiger partial charge is 0.347 e. The van der Waals surface area contributed by atoms with Crippen molar-refractivity contribution in [2.45, 2.75) is 43.2 Å². The van der Waals surface area contributed by atoms with Crippen molar-refractivity contribution in [2.75, 3.05) is 7.11 Å². The van der Waals surface area contributed by atoms with Gasteiger partial charge in [-0.3, -0.25) is 9.59 Å². The van der Waals surface area contributed by atoms with Crippen molar-refractivity contribution in [3.05, 3.63) is 68.2 Å². The van der Waals surface area contributed by atoms with Gasteiger partial charge in [0.05, 0.1) is 12.7 Å². The van der Waals surface area contributed by atoms with Gasteiger partial charge in [-0.05, 0) is 24.4 Å². The van der Waals surface area contributed by atoms with Crippen LogP contribution < -0.4 is 10.4 Å². The normalized spacial score (nSPS) is 32.3. The summed E-state index contributed by atoms with van der Waals surface area (Å²) in [7, 11) is 1.13. The zero-order valence-electron chi connectivity index (χ0n) is 19.7. The standard InChI is InChI=1S/C25H20O13/c1-6-3-7-4-8-15(27)23(33)25(37-20(8)18(30)11(7)24(34)36-6)22(32)14-17(29)12-9(26)5-10(35-2)16(28)13(12)19(31)21(14)38-25/h3-5,15,19,21-23,27,29-33H,1-2H3/t15-,19+,21-,22+,23+,25-/m0/s1. The lowest BCUT2D eigenvalue weighted by molar-refractivity contribution is -0.290. The largest absolute Gasteiger partial charge is 0.507 e. The number of aromatic hydroxyl groups is 1. The van der Waals surface area contributed by atoms with E-state index in [0.29, 0.717) is 0 Å². The second-order valence-electron chi connectivity index (χ2n) is 9.35. The number of carbonyl (C=O) groups is 2. The third-order valence-electron chi connectivity index (χ3n) is 7.27. The fraction of sp³-hybridized carbons (Fsp3) is 0.320. The Balaban J connectivity index is 1.51. The minimum Gasteiger partial charge on any atom is -0.507 e. The highest BCUT2D eigenvalue weighted by Crippen LogP contribution is 2.54. The van der Waals surface area contributed by atoms with Gasteiger partial charge in [0, 0.05) is 22.8 Å². The van der Waals surface area contributed by atoms with Crippen LogP contribution in [0.25, 0.3) is 10.8 Å². The number of rotatable bonds is 1. The van der Waals surface area contributed by atoms with Gasteiger partial charge in [-0.15, -0.1) is 0 Å². The number of aliphatic hydroxyl groups excluding tert-OH is 5. The summed E-state index contributed by atoms with van der Waals surface area (Å²) < 4.78 is 21.4. The molecular formula is C25H20O13. The molecule has 1 fully saturated rings. The molecule has 6 N–H and O–H groups in total. The summed E-state index contributed by atoms with van der Waals surface area (Å²) in [6.07, 6.45) is -8.94. The average molecular weight is 528 g/mol. The van der Waals surface area contributed by atoms with Gasteiger partial charge in [0.1, 0.15) is 41.3 Å². The summed E-state index contributed by atoms with van der Waals surface area (Å²) in [5, 5.41) is 66.1. The van der Waals surface area contributed by atoms with Gasteiger partial charge in [0.15, 0.2) is 29.1 Å². The van der Waals surface area contributed by atoms with Crippen LogP contribution >= 0.6 is 0 Å². The van der Waals surface area contributed by atoms with E-state index < -0.39 is 93.2 Å². The van der Waals surface area contributed by atoms with Crippen molar-refractivity contribution in [2.24, 2.45) is 0 Å². The van der Waals surface area contributed by atoms with Gasteiger partial charge >= 0.3 is 5.63 Å². The van der Waals surface area contributed by atoms with E-state index in [1.165, 1.54) is 19.1 Å². The third kappa shape index (κ3) is 2.84. The lowest BCUT2D eigenvalue weighted by Crippen LogP contribution is -2.59. The maximum Gasteiger partial charge on any atom is 0.347 e. The summed E-state index contributed by atoms with van der Waals surface area (Å²) in [6.45, 7) is 1.50.